The van der Waals surface area contributed by atoms with Crippen LogP contribution in [0.2, 0.25) is 17.3 Å². The van der Waals surface area contributed by atoms with Crippen LogP contribution in [0.25, 0.3) is 33.2 Å². The Hall–Kier alpha value is -2.07. The third-order valence-electron chi connectivity index (χ3n) is 4.99. The second-order valence-corrected chi connectivity index (χ2v) is 18.4. The van der Waals surface area contributed by atoms with Crippen LogP contribution < -0.4 is 8.96 Å². The van der Waals surface area contributed by atoms with Crippen LogP contribution in [0, 0.1) is 6.92 Å². The number of fused-ring (bicyclic) bond motifs is 3. The van der Waals surface area contributed by atoms with E-state index < -0.39 is 13.3 Å². The second-order valence-electron chi connectivity index (χ2n) is 7.87. The van der Waals surface area contributed by atoms with E-state index in [1.807, 2.05) is 0 Å². The molecule has 2 aromatic carbocycles. The van der Waals surface area contributed by atoms with Gasteiger partial charge in [-0.3, -0.25) is 0 Å². The molecular formula is C22H24GeNO+. The Bertz CT molecular complexity index is 1100. The molecule has 2 nitrogen and oxygen atoms in total. The summed E-state index contributed by atoms with van der Waals surface area (Å²) in [5, 5.41) is 2.46. The van der Waals surface area contributed by atoms with Gasteiger partial charge >= 0.3 is 151 Å². The topological polar surface area (TPSA) is 17.0 Å². The third kappa shape index (κ3) is 2.60. The predicted octanol–water partition coefficient (Wildman–Crippen LogP) is 4.93. The first-order chi connectivity index (χ1) is 11.9. The Kier molecular flexibility index (Phi) is 3.76. The molecule has 0 unspecified atom stereocenters. The van der Waals surface area contributed by atoms with Crippen LogP contribution in [0.15, 0.2) is 59.1 Å². The third-order valence-corrected chi connectivity index (χ3v) is 9.21. The van der Waals surface area contributed by atoms with Crippen molar-refractivity contribution >= 4 is 39.6 Å². The Morgan fingerprint density at radius 3 is 2.32 bits per heavy atom. The molecule has 126 valence electrons. The summed E-state index contributed by atoms with van der Waals surface area (Å²) in [5.74, 6) is 7.27. The van der Waals surface area contributed by atoms with Crippen molar-refractivity contribution in [2.45, 2.75) is 24.2 Å². The zero-order valence-corrected chi connectivity index (χ0v) is 17.6. The van der Waals surface area contributed by atoms with E-state index >= 15 is 0 Å². The van der Waals surface area contributed by atoms with E-state index in [9.17, 15) is 0 Å². The van der Waals surface area contributed by atoms with Crippen molar-refractivity contribution in [3.63, 3.8) is 0 Å². The van der Waals surface area contributed by atoms with Crippen molar-refractivity contribution in [2.24, 2.45) is 7.05 Å². The summed E-state index contributed by atoms with van der Waals surface area (Å²) < 4.78 is 10.2. The summed E-state index contributed by atoms with van der Waals surface area (Å²) in [6.45, 7) is 2.16. The van der Waals surface area contributed by atoms with E-state index in [2.05, 4.69) is 90.5 Å². The normalized spacial score (nSPS) is 12.2. The molecule has 0 aliphatic rings. The molecular weight excluding hydrogens is 367 g/mol. The molecule has 0 fully saturated rings. The van der Waals surface area contributed by atoms with E-state index in [0.717, 1.165) is 11.2 Å². The molecule has 4 rings (SSSR count). The maximum absolute atomic E-state index is 6.57. The minimum absolute atomic E-state index is 1.01. The molecule has 2 heterocycles. The molecule has 0 aliphatic carbocycles. The van der Waals surface area contributed by atoms with Gasteiger partial charge in [0.15, 0.2) is 0 Å². The average Bonchev–Trinajstić information content (AvgIpc) is 2.93. The summed E-state index contributed by atoms with van der Waals surface area (Å²) in [4.78, 5) is 0. The standard InChI is InChI=1S/C22H24GeNO/c1-15-12-13-17-16-9-8-10-18(23(2,3)4)21(16)25-22(17)20(15)19-11-6-7-14-24(19)5/h6-14H,1-5H3/q+1. The van der Waals surface area contributed by atoms with Gasteiger partial charge in [-0.25, -0.2) is 0 Å². The van der Waals surface area contributed by atoms with Crippen molar-refractivity contribution < 1.29 is 8.98 Å². The van der Waals surface area contributed by atoms with Crippen LogP contribution >= 0.6 is 0 Å². The number of nitrogens with zero attached hydrogens (tertiary/aromatic N) is 1. The van der Waals surface area contributed by atoms with Gasteiger partial charge in [-0.15, -0.1) is 0 Å². The fourth-order valence-electron chi connectivity index (χ4n) is 3.65. The Morgan fingerprint density at radius 2 is 1.60 bits per heavy atom. The molecule has 0 spiro atoms. The fraction of sp³-hybridized carbons (Fsp3) is 0.227. The SMILES string of the molecule is Cc1ccc2c(oc3[c]([Ge]([CH3])([CH3])[CH3])cccc32)c1-c1cccc[n+]1C. The van der Waals surface area contributed by atoms with Crippen LogP contribution in [0.3, 0.4) is 0 Å². The van der Waals surface area contributed by atoms with Gasteiger partial charge in [-0.05, 0) is 0 Å². The number of para-hydroxylation sites is 1. The Labute approximate surface area is 151 Å². The number of hydrogen-bond acceptors (Lipinski definition) is 1. The molecule has 3 heteroatoms. The van der Waals surface area contributed by atoms with Crippen LogP contribution in [0.5, 0.6) is 0 Å². The van der Waals surface area contributed by atoms with E-state index in [1.165, 1.54) is 32.0 Å². The average molecular weight is 391 g/mol. The number of benzene rings is 2. The summed E-state index contributed by atoms with van der Waals surface area (Å²) in [6.07, 6.45) is 2.09. The van der Waals surface area contributed by atoms with Crippen LogP contribution in [-0.2, 0) is 7.05 Å². The molecule has 0 radical (unpaired) electrons. The zero-order valence-electron chi connectivity index (χ0n) is 15.6. The van der Waals surface area contributed by atoms with Crippen molar-refractivity contribution in [3.8, 4) is 11.3 Å². The van der Waals surface area contributed by atoms with E-state index in [-0.39, 0.29) is 0 Å². The second kappa shape index (κ2) is 5.74. The summed E-state index contributed by atoms with van der Waals surface area (Å²) in [7, 11) is 2.09. The van der Waals surface area contributed by atoms with Gasteiger partial charge < -0.3 is 0 Å². The van der Waals surface area contributed by atoms with Crippen molar-refractivity contribution in [3.05, 3.63) is 60.3 Å². The molecule has 0 saturated carbocycles. The predicted molar refractivity (Wildman–Crippen MR) is 108 cm³/mol. The van der Waals surface area contributed by atoms with E-state index in [0.29, 0.717) is 0 Å². The Morgan fingerprint density at radius 1 is 0.840 bits per heavy atom. The van der Waals surface area contributed by atoms with Crippen molar-refractivity contribution in [2.75, 3.05) is 0 Å². The van der Waals surface area contributed by atoms with Gasteiger partial charge in [0.05, 0.1) is 0 Å². The van der Waals surface area contributed by atoms with E-state index in [4.69, 9.17) is 4.42 Å². The van der Waals surface area contributed by atoms with Gasteiger partial charge in [0.1, 0.15) is 0 Å². The minimum atomic E-state index is -2.01. The molecule has 0 saturated heterocycles. The summed E-state index contributed by atoms with van der Waals surface area (Å²) >= 11 is -2.01. The van der Waals surface area contributed by atoms with Gasteiger partial charge in [-0.1, -0.05) is 0 Å². The first-order valence-electron chi connectivity index (χ1n) is 8.78. The number of pyridine rings is 1. The number of aromatic nitrogens is 1. The summed E-state index contributed by atoms with van der Waals surface area (Å²) in [5.41, 5.74) is 5.73. The maximum atomic E-state index is 6.57. The van der Waals surface area contributed by atoms with Gasteiger partial charge in [-0.2, -0.15) is 0 Å². The number of furan rings is 1. The number of rotatable bonds is 2. The molecule has 0 aliphatic heterocycles. The fourth-order valence-corrected chi connectivity index (χ4v) is 6.72. The first kappa shape index (κ1) is 16.4. The summed E-state index contributed by atoms with van der Waals surface area (Å²) in [6, 6.07) is 17.4. The monoisotopic (exact) mass is 392 g/mol. The molecule has 0 bridgehead atoms. The van der Waals surface area contributed by atoms with Crippen LogP contribution in [0.1, 0.15) is 5.56 Å². The van der Waals surface area contributed by atoms with Crippen molar-refractivity contribution in [1.29, 1.82) is 0 Å². The molecule has 0 N–H and O–H groups in total. The van der Waals surface area contributed by atoms with Crippen molar-refractivity contribution in [1.82, 2.24) is 0 Å². The number of hydrogen-bond donors (Lipinski definition) is 0. The first-order valence-corrected chi connectivity index (χ1v) is 16.1. The van der Waals surface area contributed by atoms with Gasteiger partial charge in [0, 0.05) is 0 Å². The molecule has 0 atom stereocenters. The zero-order chi connectivity index (χ0) is 17.8. The van der Waals surface area contributed by atoms with Gasteiger partial charge in [0.25, 0.3) is 0 Å². The van der Waals surface area contributed by atoms with Gasteiger partial charge in [0.2, 0.25) is 0 Å². The molecule has 0 amide bonds. The Balaban J connectivity index is 2.16. The van der Waals surface area contributed by atoms with E-state index in [1.54, 1.807) is 0 Å². The van der Waals surface area contributed by atoms with Crippen LogP contribution in [0.4, 0.5) is 0 Å². The van der Waals surface area contributed by atoms with Crippen LogP contribution in [-0.4, -0.2) is 13.3 Å². The number of aryl methyl sites for hydroxylation is 2. The molecule has 25 heavy (non-hydrogen) atoms. The molecule has 4 aromatic rings. The molecule has 2 aromatic heterocycles. The quantitative estimate of drug-likeness (QED) is 0.350.